The fourth-order valence-electron chi connectivity index (χ4n) is 2.15. The van der Waals surface area contributed by atoms with Crippen molar-refractivity contribution in [2.75, 3.05) is 13.1 Å². The zero-order chi connectivity index (χ0) is 12.3. The van der Waals surface area contributed by atoms with Gasteiger partial charge in [0.15, 0.2) is 0 Å². The van der Waals surface area contributed by atoms with E-state index < -0.39 is 0 Å². The quantitative estimate of drug-likeness (QED) is 0.916. The molecule has 1 aromatic carbocycles. The van der Waals surface area contributed by atoms with E-state index in [1.54, 1.807) is 18.2 Å². The van der Waals surface area contributed by atoms with E-state index in [0.717, 1.165) is 31.5 Å². The number of piperidine rings is 1. The first kappa shape index (κ1) is 12.9. The molecule has 1 aliphatic heterocycles. The Morgan fingerprint density at radius 3 is 2.65 bits per heavy atom. The van der Waals surface area contributed by atoms with E-state index in [9.17, 15) is 4.79 Å². The van der Waals surface area contributed by atoms with E-state index in [0.29, 0.717) is 16.5 Å². The largest absolute Gasteiger partial charge is 0.316 e. The number of hydrogen-bond acceptors (Lipinski definition) is 2. The number of halogens is 2. The molecule has 2 nitrogen and oxygen atoms in total. The van der Waals surface area contributed by atoms with E-state index in [1.807, 2.05) is 0 Å². The molecular formula is C13H15Cl2NO. The van der Waals surface area contributed by atoms with Crippen LogP contribution in [0.25, 0.3) is 0 Å². The SMILES string of the molecule is O=C(Cc1c(Cl)cccc1Cl)C1CCCNC1. The average Bonchev–Trinajstić information content (AvgIpc) is 2.35. The average molecular weight is 272 g/mol. The molecule has 0 bridgehead atoms. The van der Waals surface area contributed by atoms with Gasteiger partial charge in [0.1, 0.15) is 5.78 Å². The van der Waals surface area contributed by atoms with Gasteiger partial charge in [-0.25, -0.2) is 0 Å². The van der Waals surface area contributed by atoms with Gasteiger partial charge in [0.2, 0.25) is 0 Å². The smallest absolute Gasteiger partial charge is 0.141 e. The Hall–Kier alpha value is -0.570. The predicted octanol–water partition coefficient (Wildman–Crippen LogP) is 3.10. The van der Waals surface area contributed by atoms with Gasteiger partial charge < -0.3 is 5.32 Å². The van der Waals surface area contributed by atoms with Crippen molar-refractivity contribution in [3.8, 4) is 0 Å². The third kappa shape index (κ3) is 3.21. The molecule has 1 N–H and O–H groups in total. The number of ketones is 1. The van der Waals surface area contributed by atoms with E-state index in [4.69, 9.17) is 23.2 Å². The molecule has 1 aliphatic rings. The fourth-order valence-corrected chi connectivity index (χ4v) is 2.68. The number of benzene rings is 1. The van der Waals surface area contributed by atoms with Crippen LogP contribution in [0.15, 0.2) is 18.2 Å². The lowest BCUT2D eigenvalue weighted by Gasteiger charge is -2.21. The molecular weight excluding hydrogens is 257 g/mol. The van der Waals surface area contributed by atoms with Crippen LogP contribution in [-0.4, -0.2) is 18.9 Å². The zero-order valence-corrected chi connectivity index (χ0v) is 11.0. The number of Topliss-reactive ketones (excluding diaryl/α,β-unsaturated/α-hetero) is 1. The van der Waals surface area contributed by atoms with Gasteiger partial charge in [-0.1, -0.05) is 29.3 Å². The molecule has 0 radical (unpaired) electrons. The topological polar surface area (TPSA) is 29.1 Å². The van der Waals surface area contributed by atoms with Crippen LogP contribution in [-0.2, 0) is 11.2 Å². The van der Waals surface area contributed by atoms with Crippen molar-refractivity contribution in [1.29, 1.82) is 0 Å². The van der Waals surface area contributed by atoms with Gasteiger partial charge in [-0.2, -0.15) is 0 Å². The van der Waals surface area contributed by atoms with Gasteiger partial charge >= 0.3 is 0 Å². The lowest BCUT2D eigenvalue weighted by Crippen LogP contribution is -2.35. The summed E-state index contributed by atoms with van der Waals surface area (Å²) >= 11 is 12.1. The van der Waals surface area contributed by atoms with Gasteiger partial charge in [-0.15, -0.1) is 0 Å². The van der Waals surface area contributed by atoms with Crippen molar-refractivity contribution in [3.05, 3.63) is 33.8 Å². The Kier molecular flexibility index (Phi) is 4.43. The Balaban J connectivity index is 2.07. The first-order valence-corrected chi connectivity index (χ1v) is 6.60. The van der Waals surface area contributed by atoms with Crippen LogP contribution < -0.4 is 5.32 Å². The molecule has 92 valence electrons. The summed E-state index contributed by atoms with van der Waals surface area (Å²) in [6, 6.07) is 5.34. The Bertz CT molecular complexity index is 394. The highest BCUT2D eigenvalue weighted by Crippen LogP contribution is 2.26. The van der Waals surface area contributed by atoms with E-state index >= 15 is 0 Å². The normalized spacial score (nSPS) is 20.2. The Morgan fingerprint density at radius 2 is 2.06 bits per heavy atom. The Morgan fingerprint density at radius 1 is 1.35 bits per heavy atom. The summed E-state index contributed by atoms with van der Waals surface area (Å²) in [4.78, 5) is 12.1. The summed E-state index contributed by atoms with van der Waals surface area (Å²) in [5, 5.41) is 4.40. The van der Waals surface area contributed by atoms with Crippen molar-refractivity contribution < 1.29 is 4.79 Å². The minimum absolute atomic E-state index is 0.107. The molecule has 0 spiro atoms. The van der Waals surface area contributed by atoms with Crippen molar-refractivity contribution in [2.45, 2.75) is 19.3 Å². The van der Waals surface area contributed by atoms with E-state index in [2.05, 4.69) is 5.32 Å². The zero-order valence-electron chi connectivity index (χ0n) is 9.51. The maximum absolute atomic E-state index is 12.1. The van der Waals surface area contributed by atoms with Gasteiger partial charge in [0.25, 0.3) is 0 Å². The molecule has 1 atom stereocenters. The molecule has 1 heterocycles. The third-order valence-corrected chi connectivity index (χ3v) is 3.87. The predicted molar refractivity (Wildman–Crippen MR) is 70.8 cm³/mol. The fraction of sp³-hybridized carbons (Fsp3) is 0.462. The third-order valence-electron chi connectivity index (χ3n) is 3.16. The number of carbonyl (C=O) groups excluding carboxylic acids is 1. The molecule has 0 saturated carbocycles. The van der Waals surface area contributed by atoms with E-state index in [-0.39, 0.29) is 11.7 Å². The van der Waals surface area contributed by atoms with Gasteiger partial charge in [-0.05, 0) is 37.1 Å². The van der Waals surface area contributed by atoms with Crippen LogP contribution in [0.1, 0.15) is 18.4 Å². The molecule has 0 aliphatic carbocycles. The van der Waals surface area contributed by atoms with Crippen LogP contribution in [0.4, 0.5) is 0 Å². The molecule has 4 heteroatoms. The first-order chi connectivity index (χ1) is 8.18. The first-order valence-electron chi connectivity index (χ1n) is 5.85. The van der Waals surface area contributed by atoms with Crippen molar-refractivity contribution >= 4 is 29.0 Å². The molecule has 2 rings (SSSR count). The maximum atomic E-state index is 12.1. The second kappa shape index (κ2) is 5.85. The minimum atomic E-state index is 0.107. The van der Waals surface area contributed by atoms with Crippen LogP contribution in [0.3, 0.4) is 0 Å². The van der Waals surface area contributed by atoms with Crippen LogP contribution in [0.5, 0.6) is 0 Å². The highest BCUT2D eigenvalue weighted by molar-refractivity contribution is 6.36. The van der Waals surface area contributed by atoms with Gasteiger partial charge in [0, 0.05) is 28.9 Å². The summed E-state index contributed by atoms with van der Waals surface area (Å²) in [5.41, 5.74) is 0.756. The lowest BCUT2D eigenvalue weighted by molar-refractivity contribution is -0.122. The molecule has 1 unspecified atom stereocenters. The van der Waals surface area contributed by atoms with Crippen molar-refractivity contribution in [1.82, 2.24) is 5.32 Å². The summed E-state index contributed by atoms with van der Waals surface area (Å²) in [7, 11) is 0. The number of nitrogens with one attached hydrogen (secondary N) is 1. The number of carbonyl (C=O) groups is 1. The minimum Gasteiger partial charge on any atom is -0.316 e. The van der Waals surface area contributed by atoms with Gasteiger partial charge in [-0.3, -0.25) is 4.79 Å². The molecule has 1 saturated heterocycles. The van der Waals surface area contributed by atoms with Crippen molar-refractivity contribution in [2.24, 2.45) is 5.92 Å². The summed E-state index contributed by atoms with van der Waals surface area (Å²) in [6.45, 7) is 1.79. The van der Waals surface area contributed by atoms with Crippen LogP contribution in [0, 0.1) is 5.92 Å². The number of hydrogen-bond donors (Lipinski definition) is 1. The number of rotatable bonds is 3. The highest BCUT2D eigenvalue weighted by atomic mass is 35.5. The van der Waals surface area contributed by atoms with Gasteiger partial charge in [0.05, 0.1) is 0 Å². The molecule has 1 fully saturated rings. The summed E-state index contributed by atoms with van der Waals surface area (Å²) in [5.74, 6) is 0.336. The standard InChI is InChI=1S/C13H15Cl2NO/c14-11-4-1-5-12(15)10(11)7-13(17)9-3-2-6-16-8-9/h1,4-5,9,16H,2-3,6-8H2. The maximum Gasteiger partial charge on any atom is 0.141 e. The lowest BCUT2D eigenvalue weighted by atomic mass is 9.91. The van der Waals surface area contributed by atoms with Crippen LogP contribution in [0.2, 0.25) is 10.0 Å². The second-order valence-electron chi connectivity index (χ2n) is 4.39. The molecule has 0 amide bonds. The Labute approximate surface area is 111 Å². The van der Waals surface area contributed by atoms with E-state index in [1.165, 1.54) is 0 Å². The summed E-state index contributed by atoms with van der Waals surface area (Å²) < 4.78 is 0. The van der Waals surface area contributed by atoms with Crippen LogP contribution >= 0.6 is 23.2 Å². The molecule has 1 aromatic rings. The summed E-state index contributed by atoms with van der Waals surface area (Å²) in [6.07, 6.45) is 2.37. The highest BCUT2D eigenvalue weighted by Gasteiger charge is 2.22. The second-order valence-corrected chi connectivity index (χ2v) is 5.20. The molecule has 17 heavy (non-hydrogen) atoms. The monoisotopic (exact) mass is 271 g/mol. The van der Waals surface area contributed by atoms with Crippen molar-refractivity contribution in [3.63, 3.8) is 0 Å². The molecule has 0 aromatic heterocycles.